The number of rotatable bonds is 6. The third kappa shape index (κ3) is 5.99. The predicted octanol–water partition coefficient (Wildman–Crippen LogP) is 6.89. The van der Waals surface area contributed by atoms with Crippen molar-refractivity contribution in [1.29, 1.82) is 0 Å². The molecule has 1 aromatic heterocycles. The topological polar surface area (TPSA) is 98.9 Å². The van der Waals surface area contributed by atoms with Gasteiger partial charge in [-0.05, 0) is 69.8 Å². The lowest BCUT2D eigenvalue weighted by atomic mass is 9.73. The van der Waals surface area contributed by atoms with Crippen LogP contribution in [0.15, 0.2) is 63.8 Å². The summed E-state index contributed by atoms with van der Waals surface area (Å²) in [6.07, 6.45) is 0. The molecule has 0 spiro atoms. The van der Waals surface area contributed by atoms with E-state index in [-0.39, 0.29) is 11.4 Å². The maximum atomic E-state index is 13.7. The molecule has 7 heteroatoms. The van der Waals surface area contributed by atoms with E-state index in [2.05, 4.69) is 4.98 Å². The lowest BCUT2D eigenvalue weighted by Crippen LogP contribution is -2.29. The number of aromatic nitrogens is 1. The number of carbonyl (C=O) groups excluding carboxylic acids is 1. The van der Waals surface area contributed by atoms with Crippen molar-refractivity contribution in [3.63, 3.8) is 0 Å². The molecule has 0 saturated carbocycles. The molecule has 1 heterocycles. The van der Waals surface area contributed by atoms with Gasteiger partial charge in [0.25, 0.3) is 0 Å². The Morgan fingerprint density at radius 3 is 1.98 bits per heavy atom. The fraction of sp³-hybridized carbons (Fsp3) is 0.382. The van der Waals surface area contributed by atoms with Gasteiger partial charge >= 0.3 is 11.6 Å². The molecule has 4 aromatic rings. The van der Waals surface area contributed by atoms with Crippen LogP contribution < -0.4 is 10.4 Å². The molecule has 2 unspecified atom stereocenters. The minimum absolute atomic E-state index is 0.0447. The fourth-order valence-corrected chi connectivity index (χ4v) is 5.22. The van der Waals surface area contributed by atoms with Gasteiger partial charge in [-0.25, -0.2) is 9.78 Å². The highest BCUT2D eigenvalue weighted by molar-refractivity contribution is 5.81. The summed E-state index contributed by atoms with van der Waals surface area (Å²) in [6.45, 7) is 14.1. The molecule has 0 bridgehead atoms. The van der Waals surface area contributed by atoms with E-state index in [4.69, 9.17) is 13.9 Å². The molecule has 0 radical (unpaired) electrons. The number of hydrogen-bond acceptors (Lipinski definition) is 7. The molecule has 0 aliphatic rings. The van der Waals surface area contributed by atoms with E-state index in [9.17, 15) is 14.7 Å². The normalized spacial score (nSPS) is 13.6. The maximum absolute atomic E-state index is 13.7. The molecule has 0 aliphatic heterocycles. The number of hydrogen-bond donors (Lipinski definition) is 1. The maximum Gasteiger partial charge on any atom is 0.359 e. The van der Waals surface area contributed by atoms with Crippen molar-refractivity contribution < 1.29 is 23.8 Å². The van der Waals surface area contributed by atoms with Crippen molar-refractivity contribution >= 4 is 17.1 Å². The zero-order valence-electron chi connectivity index (χ0n) is 25.3. The molecule has 0 fully saturated rings. The summed E-state index contributed by atoms with van der Waals surface area (Å²) in [5, 5.41) is 11.4. The van der Waals surface area contributed by atoms with E-state index in [0.29, 0.717) is 16.8 Å². The van der Waals surface area contributed by atoms with Gasteiger partial charge in [0, 0.05) is 5.92 Å². The Balaban J connectivity index is 2.10. The molecular weight excluding hydrogens is 518 g/mol. The third-order valence-electron chi connectivity index (χ3n) is 7.43. The van der Waals surface area contributed by atoms with Gasteiger partial charge in [0.1, 0.15) is 28.6 Å². The van der Waals surface area contributed by atoms with Crippen LogP contribution in [0.3, 0.4) is 0 Å². The monoisotopic (exact) mass is 557 g/mol. The average molecular weight is 558 g/mol. The molecular formula is C34H39NO6. The molecule has 0 saturated heterocycles. The van der Waals surface area contributed by atoms with Gasteiger partial charge in [-0.2, -0.15) is 0 Å². The summed E-state index contributed by atoms with van der Waals surface area (Å²) in [4.78, 5) is 31.8. The number of esters is 1. The molecule has 1 N–H and O–H groups in total. The highest BCUT2D eigenvalue weighted by Crippen LogP contribution is 2.45. The second kappa shape index (κ2) is 11.0. The standard InChI is InChI=1S/C34H39NO6/c1-19-10-15-25-26(16-19)41-32(38)29(35-25)28(31(37)40-9)27(20-11-13-22(39-8)14-12-20)21-17-23(33(2,3)4)30(36)24(18-21)34(5,6)7/h10-18,27-28,36H,1-9H3. The van der Waals surface area contributed by atoms with Crippen molar-refractivity contribution in [2.75, 3.05) is 14.2 Å². The number of methoxy groups -OCH3 is 2. The van der Waals surface area contributed by atoms with Crippen molar-refractivity contribution in [2.24, 2.45) is 0 Å². The summed E-state index contributed by atoms with van der Waals surface area (Å²) in [6, 6.07) is 16.6. The molecule has 3 aromatic carbocycles. The predicted molar refractivity (Wildman–Crippen MR) is 160 cm³/mol. The summed E-state index contributed by atoms with van der Waals surface area (Å²) >= 11 is 0. The van der Waals surface area contributed by atoms with Gasteiger partial charge in [0.05, 0.1) is 14.2 Å². The lowest BCUT2D eigenvalue weighted by Gasteiger charge is -2.32. The SMILES string of the molecule is COC(=O)C(c1nc2ccc(C)cc2oc1=O)C(c1ccc(OC)cc1)c1cc(C(C)(C)C)c(O)c(C(C)(C)C)c1. The van der Waals surface area contributed by atoms with Gasteiger partial charge < -0.3 is 19.0 Å². The fourth-order valence-electron chi connectivity index (χ4n) is 5.22. The quantitative estimate of drug-likeness (QED) is 0.258. The van der Waals surface area contributed by atoms with Crippen LogP contribution in [-0.2, 0) is 20.4 Å². The van der Waals surface area contributed by atoms with E-state index >= 15 is 0 Å². The van der Waals surface area contributed by atoms with Crippen molar-refractivity contribution in [3.8, 4) is 11.5 Å². The van der Waals surface area contributed by atoms with E-state index < -0.39 is 34.3 Å². The van der Waals surface area contributed by atoms with Crippen LogP contribution in [0.25, 0.3) is 11.1 Å². The smallest absolute Gasteiger partial charge is 0.359 e. The number of phenolic OH excluding ortho intramolecular Hbond substituents is 1. The number of phenols is 1. The first kappa shape index (κ1) is 29.8. The Hall–Kier alpha value is -4.13. The van der Waals surface area contributed by atoms with Gasteiger partial charge in [-0.15, -0.1) is 0 Å². The zero-order chi connectivity index (χ0) is 30.3. The van der Waals surface area contributed by atoms with Gasteiger partial charge in [0.2, 0.25) is 0 Å². The van der Waals surface area contributed by atoms with E-state index in [1.807, 2.05) is 90.9 Å². The average Bonchev–Trinajstić information content (AvgIpc) is 2.90. The minimum Gasteiger partial charge on any atom is -0.507 e. The number of fused-ring (bicyclic) bond motifs is 1. The first-order valence-corrected chi connectivity index (χ1v) is 13.7. The Morgan fingerprint density at radius 1 is 0.878 bits per heavy atom. The molecule has 4 rings (SSSR count). The van der Waals surface area contributed by atoms with E-state index in [1.54, 1.807) is 19.2 Å². The number of ether oxygens (including phenoxy) is 2. The highest BCUT2D eigenvalue weighted by Gasteiger charge is 2.39. The van der Waals surface area contributed by atoms with Gasteiger partial charge in [-0.1, -0.05) is 71.9 Å². The zero-order valence-corrected chi connectivity index (χ0v) is 25.3. The van der Waals surface area contributed by atoms with Crippen LogP contribution in [0.5, 0.6) is 11.5 Å². The van der Waals surface area contributed by atoms with Crippen molar-refractivity contribution in [1.82, 2.24) is 4.98 Å². The molecule has 0 aliphatic carbocycles. The van der Waals surface area contributed by atoms with Crippen molar-refractivity contribution in [3.05, 3.63) is 98.5 Å². The molecule has 2 atom stereocenters. The molecule has 216 valence electrons. The summed E-state index contributed by atoms with van der Waals surface area (Å²) in [5.41, 5.74) is 3.10. The Labute approximate surface area is 241 Å². The van der Waals surface area contributed by atoms with Crippen LogP contribution in [0, 0.1) is 6.92 Å². The lowest BCUT2D eigenvalue weighted by molar-refractivity contribution is -0.143. The van der Waals surface area contributed by atoms with Crippen LogP contribution >= 0.6 is 0 Å². The molecule has 41 heavy (non-hydrogen) atoms. The van der Waals surface area contributed by atoms with Crippen LogP contribution in [0.4, 0.5) is 0 Å². The number of aromatic hydroxyl groups is 1. The van der Waals surface area contributed by atoms with Crippen LogP contribution in [-0.4, -0.2) is 30.3 Å². The number of benzene rings is 3. The second-order valence-corrected chi connectivity index (χ2v) is 12.6. The Kier molecular flexibility index (Phi) is 8.03. The van der Waals surface area contributed by atoms with Crippen LogP contribution in [0.1, 0.15) is 86.9 Å². The number of nitrogens with zero attached hydrogens (tertiary/aromatic N) is 1. The first-order valence-electron chi connectivity index (χ1n) is 13.7. The third-order valence-corrected chi connectivity index (χ3v) is 7.43. The van der Waals surface area contributed by atoms with E-state index in [0.717, 1.165) is 27.8 Å². The summed E-state index contributed by atoms with van der Waals surface area (Å²) < 4.78 is 16.4. The number of aryl methyl sites for hydroxylation is 1. The summed E-state index contributed by atoms with van der Waals surface area (Å²) in [5.74, 6) is -1.59. The Morgan fingerprint density at radius 2 is 1.46 bits per heavy atom. The highest BCUT2D eigenvalue weighted by atomic mass is 16.5. The number of carbonyl (C=O) groups is 1. The van der Waals surface area contributed by atoms with Gasteiger partial charge in [0.15, 0.2) is 5.58 Å². The minimum atomic E-state index is -1.14. The van der Waals surface area contributed by atoms with Gasteiger partial charge in [-0.3, -0.25) is 4.79 Å². The Bertz CT molecular complexity index is 1600. The molecule has 0 amide bonds. The van der Waals surface area contributed by atoms with Crippen LogP contribution in [0.2, 0.25) is 0 Å². The largest absolute Gasteiger partial charge is 0.507 e. The summed E-state index contributed by atoms with van der Waals surface area (Å²) in [7, 11) is 2.88. The second-order valence-electron chi connectivity index (χ2n) is 12.6. The molecule has 7 nitrogen and oxygen atoms in total. The first-order chi connectivity index (χ1) is 19.1. The van der Waals surface area contributed by atoms with E-state index in [1.165, 1.54) is 7.11 Å². The van der Waals surface area contributed by atoms with Crippen molar-refractivity contribution in [2.45, 2.75) is 71.1 Å².